The van der Waals surface area contributed by atoms with Crippen LogP contribution in [0.3, 0.4) is 0 Å². The van der Waals surface area contributed by atoms with E-state index in [1.807, 2.05) is 0 Å². The minimum atomic E-state index is -0.269. The maximum atomic E-state index is 13.7. The fourth-order valence-electron chi connectivity index (χ4n) is 3.17. The summed E-state index contributed by atoms with van der Waals surface area (Å²) in [5, 5.41) is 13.6. The van der Waals surface area contributed by atoms with Crippen LogP contribution >= 0.6 is 0 Å². The predicted molar refractivity (Wildman–Crippen MR) is 88.7 cm³/mol. The topological polar surface area (TPSA) is 62.4 Å². The third-order valence-electron chi connectivity index (χ3n) is 5.26. The van der Waals surface area contributed by atoms with Gasteiger partial charge in [0, 0.05) is 12.2 Å². The van der Waals surface area contributed by atoms with Gasteiger partial charge in [-0.05, 0) is 56.3 Å². The van der Waals surface area contributed by atoms with Crippen LogP contribution in [-0.4, -0.2) is 39.8 Å². The molecule has 0 aliphatic carbocycles. The first-order chi connectivity index (χ1) is 11.5. The molecular weight excluding hydrogens is 309 g/mol. The molecule has 3 rings (SSSR count). The number of aromatic nitrogens is 2. The van der Waals surface area contributed by atoms with E-state index in [-0.39, 0.29) is 17.8 Å². The minimum absolute atomic E-state index is 0.0654. The van der Waals surface area contributed by atoms with Crippen molar-refractivity contribution in [3.05, 3.63) is 35.5 Å². The largest absolute Gasteiger partial charge is 0.396 e. The number of halogens is 1. The van der Waals surface area contributed by atoms with E-state index in [4.69, 9.17) is 4.52 Å². The molecule has 1 saturated heterocycles. The molecule has 0 radical (unpaired) electrons. The Bertz CT molecular complexity index is 687. The Balaban J connectivity index is 1.64. The van der Waals surface area contributed by atoms with Gasteiger partial charge < -0.3 is 9.63 Å². The van der Waals surface area contributed by atoms with E-state index < -0.39 is 0 Å². The third-order valence-corrected chi connectivity index (χ3v) is 5.26. The number of nitrogens with zero attached hydrogens (tertiary/aromatic N) is 3. The van der Waals surface area contributed by atoms with Crippen LogP contribution < -0.4 is 0 Å². The lowest BCUT2D eigenvalue weighted by molar-refractivity contribution is 0.0348. The average molecular weight is 333 g/mol. The molecule has 24 heavy (non-hydrogen) atoms. The number of hydrogen-bond acceptors (Lipinski definition) is 5. The molecule has 1 aliphatic heterocycles. The van der Waals surface area contributed by atoms with Gasteiger partial charge in [0.05, 0.1) is 6.54 Å². The van der Waals surface area contributed by atoms with Gasteiger partial charge in [-0.3, -0.25) is 4.90 Å². The number of benzene rings is 1. The quantitative estimate of drug-likeness (QED) is 0.910. The van der Waals surface area contributed by atoms with E-state index in [0.717, 1.165) is 32.4 Å². The van der Waals surface area contributed by atoms with Gasteiger partial charge in [-0.25, -0.2) is 4.39 Å². The molecule has 2 heterocycles. The molecule has 0 saturated carbocycles. The molecule has 0 bridgehead atoms. The van der Waals surface area contributed by atoms with Crippen molar-refractivity contribution in [1.82, 2.24) is 15.0 Å². The Labute approximate surface area is 141 Å². The molecule has 2 aromatic rings. The van der Waals surface area contributed by atoms with Gasteiger partial charge >= 0.3 is 0 Å². The molecule has 0 amide bonds. The molecule has 1 aromatic carbocycles. The third kappa shape index (κ3) is 3.49. The van der Waals surface area contributed by atoms with Crippen LogP contribution in [0.1, 0.15) is 37.6 Å². The molecule has 1 fully saturated rings. The van der Waals surface area contributed by atoms with E-state index in [2.05, 4.69) is 22.0 Å². The maximum Gasteiger partial charge on any atom is 0.241 e. The van der Waals surface area contributed by atoms with Crippen LogP contribution in [-0.2, 0) is 6.54 Å². The Morgan fingerprint density at radius 3 is 2.71 bits per heavy atom. The van der Waals surface area contributed by atoms with Crippen LogP contribution in [0, 0.1) is 18.2 Å². The summed E-state index contributed by atoms with van der Waals surface area (Å²) in [6.45, 7) is 6.51. The van der Waals surface area contributed by atoms with Crippen LogP contribution in [0.5, 0.6) is 0 Å². The summed E-state index contributed by atoms with van der Waals surface area (Å²) in [6.07, 6.45) is 2.95. The molecule has 1 N–H and O–H groups in total. The lowest BCUT2D eigenvalue weighted by Crippen LogP contribution is -2.41. The summed E-state index contributed by atoms with van der Waals surface area (Å²) in [7, 11) is 0. The molecular formula is C18H24FN3O2. The Kier molecular flexibility index (Phi) is 4.96. The first-order valence-electron chi connectivity index (χ1n) is 8.47. The summed E-state index contributed by atoms with van der Waals surface area (Å²) in [4.78, 5) is 6.65. The monoisotopic (exact) mass is 333 g/mol. The fourth-order valence-corrected chi connectivity index (χ4v) is 3.17. The SMILES string of the molecule is CCC1(CO)CCN(Cc2nc(-c3ccc(C)c(F)c3)no2)CC1. The van der Waals surface area contributed by atoms with Crippen LogP contribution in [0.2, 0.25) is 0 Å². The molecule has 1 aliphatic rings. The smallest absolute Gasteiger partial charge is 0.241 e. The van der Waals surface area contributed by atoms with Crippen LogP contribution in [0.4, 0.5) is 4.39 Å². The Morgan fingerprint density at radius 1 is 1.33 bits per heavy atom. The number of hydrogen-bond donors (Lipinski definition) is 1. The van der Waals surface area contributed by atoms with Crippen molar-refractivity contribution in [3.8, 4) is 11.4 Å². The van der Waals surface area contributed by atoms with E-state index in [0.29, 0.717) is 29.4 Å². The molecule has 5 nitrogen and oxygen atoms in total. The molecule has 0 unspecified atom stereocenters. The Hall–Kier alpha value is -1.79. The van der Waals surface area contributed by atoms with Crippen molar-refractivity contribution < 1.29 is 14.0 Å². The van der Waals surface area contributed by atoms with Crippen LogP contribution in [0.15, 0.2) is 22.7 Å². The number of piperidine rings is 1. The van der Waals surface area contributed by atoms with E-state index in [1.165, 1.54) is 6.07 Å². The zero-order valence-electron chi connectivity index (χ0n) is 14.3. The maximum absolute atomic E-state index is 13.7. The van der Waals surface area contributed by atoms with Gasteiger partial charge in [0.15, 0.2) is 0 Å². The summed E-state index contributed by atoms with van der Waals surface area (Å²) < 4.78 is 19.0. The van der Waals surface area contributed by atoms with Crippen molar-refractivity contribution in [2.24, 2.45) is 5.41 Å². The fraction of sp³-hybridized carbons (Fsp3) is 0.556. The molecule has 0 atom stereocenters. The predicted octanol–water partition coefficient (Wildman–Crippen LogP) is 3.17. The Morgan fingerprint density at radius 2 is 2.08 bits per heavy atom. The van der Waals surface area contributed by atoms with E-state index >= 15 is 0 Å². The zero-order chi connectivity index (χ0) is 17.2. The number of likely N-dealkylation sites (tertiary alicyclic amines) is 1. The molecule has 6 heteroatoms. The van der Waals surface area contributed by atoms with Gasteiger partial charge in [0.2, 0.25) is 11.7 Å². The van der Waals surface area contributed by atoms with Gasteiger partial charge in [-0.1, -0.05) is 24.2 Å². The van der Waals surface area contributed by atoms with E-state index in [9.17, 15) is 9.50 Å². The van der Waals surface area contributed by atoms with Crippen molar-refractivity contribution >= 4 is 0 Å². The highest BCUT2D eigenvalue weighted by Gasteiger charge is 2.32. The normalized spacial score (nSPS) is 18.0. The number of aryl methyl sites for hydroxylation is 1. The zero-order valence-corrected chi connectivity index (χ0v) is 14.3. The van der Waals surface area contributed by atoms with Crippen molar-refractivity contribution in [2.45, 2.75) is 39.7 Å². The van der Waals surface area contributed by atoms with E-state index in [1.54, 1.807) is 19.1 Å². The highest BCUT2D eigenvalue weighted by molar-refractivity contribution is 5.54. The highest BCUT2D eigenvalue weighted by atomic mass is 19.1. The van der Waals surface area contributed by atoms with Crippen LogP contribution in [0.25, 0.3) is 11.4 Å². The lowest BCUT2D eigenvalue weighted by atomic mass is 9.77. The van der Waals surface area contributed by atoms with Gasteiger partial charge in [-0.15, -0.1) is 0 Å². The summed E-state index contributed by atoms with van der Waals surface area (Å²) >= 11 is 0. The second-order valence-electron chi connectivity index (χ2n) is 6.76. The number of rotatable bonds is 5. The van der Waals surface area contributed by atoms with Crippen molar-refractivity contribution in [3.63, 3.8) is 0 Å². The molecule has 0 spiro atoms. The molecule has 1 aromatic heterocycles. The van der Waals surface area contributed by atoms with Gasteiger partial charge in [0.1, 0.15) is 5.82 Å². The standard InChI is InChI=1S/C18H24FN3O2/c1-3-18(12-23)6-8-22(9-7-18)11-16-20-17(21-24-16)14-5-4-13(2)15(19)10-14/h4-5,10,23H,3,6-9,11-12H2,1-2H3. The number of aliphatic hydroxyl groups is 1. The summed E-state index contributed by atoms with van der Waals surface area (Å²) in [5.74, 6) is 0.688. The van der Waals surface area contributed by atoms with Gasteiger partial charge in [0.25, 0.3) is 0 Å². The minimum Gasteiger partial charge on any atom is -0.396 e. The number of aliphatic hydroxyl groups excluding tert-OH is 1. The van der Waals surface area contributed by atoms with Crippen molar-refractivity contribution in [2.75, 3.05) is 19.7 Å². The van der Waals surface area contributed by atoms with Gasteiger partial charge in [-0.2, -0.15) is 4.98 Å². The highest BCUT2D eigenvalue weighted by Crippen LogP contribution is 2.34. The summed E-state index contributed by atoms with van der Waals surface area (Å²) in [5.41, 5.74) is 1.28. The average Bonchev–Trinajstić information content (AvgIpc) is 3.07. The first kappa shape index (κ1) is 17.0. The second kappa shape index (κ2) is 6.99. The molecule has 130 valence electrons. The van der Waals surface area contributed by atoms with Crippen molar-refractivity contribution in [1.29, 1.82) is 0 Å². The first-order valence-corrected chi connectivity index (χ1v) is 8.47. The second-order valence-corrected chi connectivity index (χ2v) is 6.76. The lowest BCUT2D eigenvalue weighted by Gasteiger charge is -2.39. The summed E-state index contributed by atoms with van der Waals surface area (Å²) in [6, 6.07) is 4.94.